The number of piperidine rings is 1. The van der Waals surface area contributed by atoms with E-state index in [-0.39, 0.29) is 35.9 Å². The van der Waals surface area contributed by atoms with Crippen LogP contribution in [0.5, 0.6) is 0 Å². The van der Waals surface area contributed by atoms with E-state index >= 15 is 0 Å². The third-order valence-electron chi connectivity index (χ3n) is 9.91. The van der Waals surface area contributed by atoms with E-state index in [1.165, 1.54) is 0 Å². The van der Waals surface area contributed by atoms with Crippen LogP contribution in [0.3, 0.4) is 0 Å². The average Bonchev–Trinajstić information content (AvgIpc) is 3.05. The Labute approximate surface area is 296 Å². The van der Waals surface area contributed by atoms with Crippen LogP contribution in [0.2, 0.25) is 15.1 Å². The number of carbonyl (C=O) groups is 2. The molecule has 4 atom stereocenters. The van der Waals surface area contributed by atoms with Gasteiger partial charge in [0.25, 0.3) is 8.32 Å². The topological polar surface area (TPSA) is 66.8 Å². The van der Waals surface area contributed by atoms with Gasteiger partial charge in [-0.3, -0.25) is 9.59 Å². The van der Waals surface area contributed by atoms with Crippen molar-refractivity contribution in [3.8, 4) is 0 Å². The molecule has 1 aliphatic rings. The van der Waals surface area contributed by atoms with Crippen molar-refractivity contribution in [1.82, 2.24) is 4.90 Å². The van der Waals surface area contributed by atoms with E-state index in [0.717, 1.165) is 21.5 Å². The second kappa shape index (κ2) is 14.6. The minimum Gasteiger partial charge on any atom is -0.481 e. The van der Waals surface area contributed by atoms with Crippen LogP contribution in [-0.4, -0.2) is 42.8 Å². The summed E-state index contributed by atoms with van der Waals surface area (Å²) in [4.78, 5) is 29.2. The maximum Gasteiger partial charge on any atom is 0.304 e. The van der Waals surface area contributed by atoms with Crippen molar-refractivity contribution in [2.24, 2.45) is 5.41 Å². The number of carbonyl (C=O) groups excluding carboxylic acids is 1. The number of hydrogen-bond donors (Lipinski definition) is 1. The summed E-state index contributed by atoms with van der Waals surface area (Å²) < 4.78 is 7.42. The first-order chi connectivity index (χ1) is 22.8. The number of carboxylic acids is 1. The second-order valence-electron chi connectivity index (χ2n) is 14.2. The third kappa shape index (κ3) is 7.13. The Morgan fingerprint density at radius 2 is 1.48 bits per heavy atom. The monoisotopic (exact) mass is 701 g/mol. The summed E-state index contributed by atoms with van der Waals surface area (Å²) in [6.07, 6.45) is 0.687. The smallest absolute Gasteiger partial charge is 0.304 e. The molecule has 0 spiro atoms. The highest BCUT2D eigenvalue weighted by Crippen LogP contribution is 2.52. The first-order valence-corrected chi connectivity index (χ1v) is 19.3. The van der Waals surface area contributed by atoms with Crippen LogP contribution in [0, 0.1) is 5.41 Å². The second-order valence-corrected chi connectivity index (χ2v) is 19.4. The standard InChI is InChI=1S/C40H45Cl2NO4Si/c1-6-32(27-47-48(39(2,3)4,33-16-9-7-10-17-33)34-18-11-8-12-19-34)43-37(28-20-22-30(41)23-21-28)35(29-14-13-15-31(42)24-29)25-40(5,38(43)46)26-36(44)45/h7-24,32,35,37H,6,25-27H2,1-5H3,(H,44,45)/t32-,35+,37+,40+/m0/s1. The Morgan fingerprint density at radius 3 is 1.98 bits per heavy atom. The van der Waals surface area contributed by atoms with Crippen molar-refractivity contribution in [2.45, 2.75) is 76.9 Å². The van der Waals surface area contributed by atoms with Crippen LogP contribution >= 0.6 is 23.2 Å². The Bertz CT molecular complexity index is 1670. The van der Waals surface area contributed by atoms with Crippen molar-refractivity contribution in [3.05, 3.63) is 130 Å². The highest BCUT2D eigenvalue weighted by molar-refractivity contribution is 6.99. The Balaban J connectivity index is 1.68. The molecule has 0 radical (unpaired) electrons. The fourth-order valence-corrected chi connectivity index (χ4v) is 12.6. The zero-order valence-corrected chi connectivity index (χ0v) is 30.8. The summed E-state index contributed by atoms with van der Waals surface area (Å²) in [6, 6.07) is 35.5. The van der Waals surface area contributed by atoms with Gasteiger partial charge in [0.15, 0.2) is 0 Å². The Hall–Kier alpha value is -3.42. The fraction of sp³-hybridized carbons (Fsp3) is 0.350. The van der Waals surface area contributed by atoms with Gasteiger partial charge in [0, 0.05) is 16.0 Å². The summed E-state index contributed by atoms with van der Waals surface area (Å²) in [7, 11) is -2.94. The summed E-state index contributed by atoms with van der Waals surface area (Å²) >= 11 is 12.9. The number of likely N-dealkylation sites (tertiary alicyclic amines) is 1. The van der Waals surface area contributed by atoms with Crippen LogP contribution in [0.1, 0.15) is 77.0 Å². The van der Waals surface area contributed by atoms with Gasteiger partial charge in [-0.05, 0) is 63.6 Å². The molecule has 0 saturated carbocycles. The first-order valence-electron chi connectivity index (χ1n) is 16.6. The van der Waals surface area contributed by atoms with Crippen molar-refractivity contribution in [2.75, 3.05) is 6.61 Å². The lowest BCUT2D eigenvalue weighted by Crippen LogP contribution is -2.67. The molecule has 1 amide bonds. The van der Waals surface area contributed by atoms with Gasteiger partial charge in [-0.25, -0.2) is 0 Å². The minimum absolute atomic E-state index is 0.180. The van der Waals surface area contributed by atoms with E-state index < -0.39 is 25.7 Å². The molecule has 1 heterocycles. The van der Waals surface area contributed by atoms with E-state index in [2.05, 4.69) is 76.2 Å². The number of halogens is 2. The maximum absolute atomic E-state index is 14.9. The van der Waals surface area contributed by atoms with E-state index in [0.29, 0.717) is 22.9 Å². The molecule has 4 aromatic carbocycles. The molecule has 1 saturated heterocycles. The average molecular weight is 703 g/mol. The lowest BCUT2D eigenvalue weighted by Gasteiger charge is -2.52. The third-order valence-corrected chi connectivity index (χ3v) is 15.4. The lowest BCUT2D eigenvalue weighted by molar-refractivity contribution is -0.161. The van der Waals surface area contributed by atoms with Gasteiger partial charge in [-0.15, -0.1) is 0 Å². The number of rotatable bonds is 11. The van der Waals surface area contributed by atoms with Crippen LogP contribution in [0.4, 0.5) is 0 Å². The number of nitrogens with zero attached hydrogens (tertiary/aromatic N) is 1. The van der Waals surface area contributed by atoms with Crippen molar-refractivity contribution >= 4 is 53.8 Å². The zero-order chi connectivity index (χ0) is 34.7. The molecule has 0 bridgehead atoms. The molecular formula is C40H45Cl2NO4Si. The Morgan fingerprint density at radius 1 is 0.896 bits per heavy atom. The van der Waals surface area contributed by atoms with E-state index in [9.17, 15) is 14.7 Å². The number of aliphatic carboxylic acids is 1. The van der Waals surface area contributed by atoms with Gasteiger partial charge in [0.1, 0.15) is 0 Å². The Kier molecular flexibility index (Phi) is 10.9. The van der Waals surface area contributed by atoms with Crippen molar-refractivity contribution in [3.63, 3.8) is 0 Å². The molecule has 5 nitrogen and oxygen atoms in total. The van der Waals surface area contributed by atoms with Gasteiger partial charge >= 0.3 is 5.97 Å². The van der Waals surface area contributed by atoms with Gasteiger partial charge in [0.2, 0.25) is 5.91 Å². The van der Waals surface area contributed by atoms with E-state index in [1.54, 1.807) is 6.92 Å². The maximum atomic E-state index is 14.9. The number of benzene rings is 4. The van der Waals surface area contributed by atoms with Gasteiger partial charge in [0.05, 0.1) is 30.5 Å². The molecule has 1 aliphatic heterocycles. The number of amides is 1. The quantitative estimate of drug-likeness (QED) is 0.159. The molecule has 1 fully saturated rings. The van der Waals surface area contributed by atoms with Gasteiger partial charge in [-0.1, -0.05) is 143 Å². The number of carboxylic acid groups (broad SMARTS) is 1. The summed E-state index contributed by atoms with van der Waals surface area (Å²) in [6.45, 7) is 10.9. The van der Waals surface area contributed by atoms with E-state index in [4.69, 9.17) is 27.6 Å². The molecule has 0 unspecified atom stereocenters. The normalized spacial score (nSPS) is 20.8. The lowest BCUT2D eigenvalue weighted by atomic mass is 9.67. The molecule has 48 heavy (non-hydrogen) atoms. The fourth-order valence-electron chi connectivity index (χ4n) is 7.66. The predicted molar refractivity (Wildman–Crippen MR) is 198 cm³/mol. The molecule has 8 heteroatoms. The number of hydrogen-bond acceptors (Lipinski definition) is 3. The van der Waals surface area contributed by atoms with Crippen molar-refractivity contribution in [1.29, 1.82) is 0 Å². The van der Waals surface area contributed by atoms with Crippen LogP contribution < -0.4 is 10.4 Å². The molecule has 1 N–H and O–H groups in total. The highest BCUT2D eigenvalue weighted by Gasteiger charge is 2.54. The first kappa shape index (κ1) is 35.9. The van der Waals surface area contributed by atoms with Gasteiger partial charge < -0.3 is 14.4 Å². The highest BCUT2D eigenvalue weighted by atomic mass is 35.5. The molecule has 4 aromatic rings. The molecule has 252 valence electrons. The summed E-state index contributed by atoms with van der Waals surface area (Å²) in [5, 5.41) is 13.3. The molecule has 0 aliphatic carbocycles. The molecule has 0 aromatic heterocycles. The molecular weight excluding hydrogens is 657 g/mol. The SMILES string of the molecule is CC[C@@H](CO[Si](c1ccccc1)(c1ccccc1)C(C)(C)C)N1C(=O)[C@@](C)(CC(=O)O)C[C@H](c2cccc(Cl)c2)[C@H]1c1ccc(Cl)cc1. The van der Waals surface area contributed by atoms with Crippen LogP contribution in [0.15, 0.2) is 109 Å². The largest absolute Gasteiger partial charge is 0.481 e. The van der Waals surface area contributed by atoms with E-state index in [1.807, 2.05) is 65.6 Å². The van der Waals surface area contributed by atoms with Crippen molar-refractivity contribution < 1.29 is 19.1 Å². The van der Waals surface area contributed by atoms with Crippen LogP contribution in [0.25, 0.3) is 0 Å². The summed E-state index contributed by atoms with van der Waals surface area (Å²) in [5.41, 5.74) is 0.741. The minimum atomic E-state index is -2.94. The predicted octanol–water partition coefficient (Wildman–Crippen LogP) is 8.89. The van der Waals surface area contributed by atoms with Crippen LogP contribution in [-0.2, 0) is 14.0 Å². The van der Waals surface area contributed by atoms with Gasteiger partial charge in [-0.2, -0.15) is 0 Å². The molecule has 5 rings (SSSR count). The zero-order valence-electron chi connectivity index (χ0n) is 28.3. The summed E-state index contributed by atoms with van der Waals surface area (Å²) in [5.74, 6) is -1.41.